The minimum absolute atomic E-state index is 0.0718. The molecule has 33 heavy (non-hydrogen) atoms. The van der Waals surface area contributed by atoms with E-state index in [-0.39, 0.29) is 23.6 Å². The van der Waals surface area contributed by atoms with Crippen LogP contribution in [0.5, 0.6) is 5.75 Å². The first-order valence-corrected chi connectivity index (χ1v) is 11.4. The Morgan fingerprint density at radius 1 is 1.15 bits per heavy atom. The molecule has 6 nitrogen and oxygen atoms in total. The van der Waals surface area contributed by atoms with E-state index in [1.807, 2.05) is 19.1 Å². The van der Waals surface area contributed by atoms with Crippen LogP contribution in [-0.4, -0.2) is 37.3 Å². The fourth-order valence-corrected chi connectivity index (χ4v) is 4.19. The number of nitrogens with zero attached hydrogens (tertiary/aromatic N) is 1. The van der Waals surface area contributed by atoms with Gasteiger partial charge in [0.1, 0.15) is 11.6 Å². The highest BCUT2D eigenvalue weighted by molar-refractivity contribution is 5.76. The molecule has 1 saturated heterocycles. The van der Waals surface area contributed by atoms with Gasteiger partial charge in [0.15, 0.2) is 11.7 Å². The third-order valence-corrected chi connectivity index (χ3v) is 6.11. The molecule has 1 aromatic heterocycles. The second-order valence-corrected chi connectivity index (χ2v) is 8.22. The Bertz CT molecular complexity index is 1060. The van der Waals surface area contributed by atoms with Crippen molar-refractivity contribution in [2.75, 3.05) is 26.4 Å². The maximum atomic E-state index is 13.9. The van der Waals surface area contributed by atoms with Crippen LogP contribution in [-0.2, 0) is 21.4 Å². The van der Waals surface area contributed by atoms with Crippen molar-refractivity contribution in [3.8, 4) is 17.1 Å². The number of carbonyl (C=O) groups is 1. The summed E-state index contributed by atoms with van der Waals surface area (Å²) in [6, 6.07) is 14.5. The topological polar surface area (TPSA) is 73.6 Å². The van der Waals surface area contributed by atoms with Crippen LogP contribution in [0, 0.1) is 5.82 Å². The second-order valence-electron chi connectivity index (χ2n) is 8.22. The van der Waals surface area contributed by atoms with Gasteiger partial charge in [-0.1, -0.05) is 24.3 Å². The van der Waals surface area contributed by atoms with E-state index in [0.717, 1.165) is 18.6 Å². The molecule has 1 aliphatic heterocycles. The second kappa shape index (κ2) is 10.6. The van der Waals surface area contributed by atoms with Crippen LogP contribution in [0.3, 0.4) is 0 Å². The third kappa shape index (κ3) is 5.60. The zero-order valence-corrected chi connectivity index (χ0v) is 18.8. The molecule has 0 unspecified atom stereocenters. The first-order valence-electron chi connectivity index (χ1n) is 11.4. The summed E-state index contributed by atoms with van der Waals surface area (Å²) in [5.74, 6) is 1.18. The van der Waals surface area contributed by atoms with E-state index in [9.17, 15) is 9.18 Å². The summed E-state index contributed by atoms with van der Waals surface area (Å²) in [6.07, 6.45) is 3.77. The van der Waals surface area contributed by atoms with E-state index in [1.54, 1.807) is 18.2 Å². The number of aromatic nitrogens is 1. The molecule has 1 aliphatic rings. The Kier molecular flexibility index (Phi) is 7.40. The molecule has 3 aromatic rings. The molecular formula is C26H29FN2O4. The molecule has 0 saturated carbocycles. The Morgan fingerprint density at radius 3 is 2.64 bits per heavy atom. The zero-order valence-electron chi connectivity index (χ0n) is 18.8. The van der Waals surface area contributed by atoms with Gasteiger partial charge in [-0.3, -0.25) is 4.79 Å². The minimum atomic E-state index is -0.367. The van der Waals surface area contributed by atoms with E-state index in [1.165, 1.54) is 17.8 Å². The summed E-state index contributed by atoms with van der Waals surface area (Å²) in [5.41, 5.74) is 1.37. The monoisotopic (exact) mass is 452 g/mol. The number of hydrogen-bond acceptors (Lipinski definition) is 5. The van der Waals surface area contributed by atoms with Gasteiger partial charge in [-0.25, -0.2) is 9.37 Å². The van der Waals surface area contributed by atoms with E-state index >= 15 is 0 Å². The number of ether oxygens (including phenoxy) is 2. The number of nitrogens with one attached hydrogen (secondary N) is 1. The normalized spacial score (nSPS) is 15.2. The van der Waals surface area contributed by atoms with Gasteiger partial charge in [0.05, 0.1) is 18.4 Å². The number of benzene rings is 2. The average Bonchev–Trinajstić information content (AvgIpc) is 3.32. The summed E-state index contributed by atoms with van der Waals surface area (Å²) < 4.78 is 30.7. The molecule has 0 spiro atoms. The van der Waals surface area contributed by atoms with Crippen LogP contribution in [0.25, 0.3) is 11.3 Å². The molecule has 0 radical (unpaired) electrons. The van der Waals surface area contributed by atoms with Crippen LogP contribution in [0.2, 0.25) is 0 Å². The van der Waals surface area contributed by atoms with Crippen molar-refractivity contribution in [3.63, 3.8) is 0 Å². The molecular weight excluding hydrogens is 423 g/mol. The molecule has 2 aromatic carbocycles. The highest BCUT2D eigenvalue weighted by atomic mass is 19.1. The van der Waals surface area contributed by atoms with Crippen LogP contribution in [0.1, 0.15) is 37.6 Å². The number of amides is 1. The molecule has 1 N–H and O–H groups in total. The van der Waals surface area contributed by atoms with Gasteiger partial charge in [-0.15, -0.1) is 0 Å². The number of hydrogen-bond donors (Lipinski definition) is 1. The van der Waals surface area contributed by atoms with Crippen molar-refractivity contribution in [2.45, 2.75) is 38.0 Å². The third-order valence-electron chi connectivity index (χ3n) is 6.11. The number of oxazole rings is 1. The van der Waals surface area contributed by atoms with Crippen molar-refractivity contribution in [2.24, 2.45) is 0 Å². The SMILES string of the molecule is CCOc1ccc(C2(CNC(=O)CCc3ncc(-c4ccccc4F)o3)CCOCC2)cc1. The van der Waals surface area contributed by atoms with Gasteiger partial charge in [0.25, 0.3) is 0 Å². The van der Waals surface area contributed by atoms with Gasteiger partial charge < -0.3 is 19.2 Å². The first-order chi connectivity index (χ1) is 16.1. The molecule has 7 heteroatoms. The molecule has 2 heterocycles. The van der Waals surface area contributed by atoms with E-state index in [0.29, 0.717) is 50.0 Å². The summed E-state index contributed by atoms with van der Waals surface area (Å²) in [6.45, 7) is 4.45. The molecule has 174 valence electrons. The van der Waals surface area contributed by atoms with Crippen LogP contribution in [0.15, 0.2) is 59.1 Å². The Morgan fingerprint density at radius 2 is 1.91 bits per heavy atom. The molecule has 1 amide bonds. The largest absolute Gasteiger partial charge is 0.494 e. The highest BCUT2D eigenvalue weighted by Crippen LogP contribution is 2.35. The highest BCUT2D eigenvalue weighted by Gasteiger charge is 2.34. The standard InChI is InChI=1S/C26H29FN2O4/c1-2-32-20-9-7-19(8-10-20)26(13-15-31-16-14-26)18-29-24(30)11-12-25-28-17-23(33-25)21-5-3-4-6-22(21)27/h3-10,17H,2,11-16,18H2,1H3,(H,29,30). The molecule has 1 fully saturated rings. The maximum Gasteiger partial charge on any atom is 0.220 e. The van der Waals surface area contributed by atoms with E-state index < -0.39 is 0 Å². The lowest BCUT2D eigenvalue weighted by atomic mass is 9.74. The van der Waals surface area contributed by atoms with Crippen molar-refractivity contribution in [1.82, 2.24) is 10.3 Å². The molecule has 0 aliphatic carbocycles. The van der Waals surface area contributed by atoms with Gasteiger partial charge >= 0.3 is 0 Å². The van der Waals surface area contributed by atoms with Gasteiger partial charge in [-0.2, -0.15) is 0 Å². The van der Waals surface area contributed by atoms with Gasteiger partial charge in [0, 0.05) is 38.0 Å². The Balaban J connectivity index is 1.35. The number of carbonyl (C=O) groups excluding carboxylic acids is 1. The summed E-state index contributed by atoms with van der Waals surface area (Å²) in [5, 5.41) is 3.09. The van der Waals surface area contributed by atoms with Crippen LogP contribution >= 0.6 is 0 Å². The summed E-state index contributed by atoms with van der Waals surface area (Å²) >= 11 is 0. The lowest BCUT2D eigenvalue weighted by Gasteiger charge is -2.38. The Hall–Kier alpha value is -3.19. The predicted octanol–water partition coefficient (Wildman–Crippen LogP) is 4.68. The molecule has 4 rings (SSSR count). The maximum absolute atomic E-state index is 13.9. The van der Waals surface area contributed by atoms with Crippen molar-refractivity contribution >= 4 is 5.91 Å². The van der Waals surface area contributed by atoms with Crippen LogP contribution < -0.4 is 10.1 Å². The Labute approximate surface area is 193 Å². The van der Waals surface area contributed by atoms with E-state index in [4.69, 9.17) is 13.9 Å². The predicted molar refractivity (Wildman–Crippen MR) is 123 cm³/mol. The molecule has 0 bridgehead atoms. The van der Waals surface area contributed by atoms with Gasteiger partial charge in [0.2, 0.25) is 5.91 Å². The number of rotatable bonds is 9. The minimum Gasteiger partial charge on any atom is -0.494 e. The quantitative estimate of drug-likeness (QED) is 0.511. The average molecular weight is 453 g/mol. The zero-order chi connectivity index (χ0) is 23.1. The smallest absolute Gasteiger partial charge is 0.220 e. The first kappa shape index (κ1) is 23.0. The fraction of sp³-hybridized carbons (Fsp3) is 0.385. The van der Waals surface area contributed by atoms with Crippen molar-refractivity contribution < 1.29 is 23.1 Å². The fourth-order valence-electron chi connectivity index (χ4n) is 4.19. The van der Waals surface area contributed by atoms with E-state index in [2.05, 4.69) is 22.4 Å². The summed E-state index contributed by atoms with van der Waals surface area (Å²) in [4.78, 5) is 16.8. The van der Waals surface area contributed by atoms with Crippen molar-refractivity contribution in [3.05, 3.63) is 72.0 Å². The lowest BCUT2D eigenvalue weighted by molar-refractivity contribution is -0.121. The molecule has 0 atom stereocenters. The van der Waals surface area contributed by atoms with Crippen LogP contribution in [0.4, 0.5) is 4.39 Å². The van der Waals surface area contributed by atoms with Gasteiger partial charge in [-0.05, 0) is 49.6 Å². The van der Waals surface area contributed by atoms with Crippen molar-refractivity contribution in [1.29, 1.82) is 0 Å². The number of halogens is 1. The summed E-state index contributed by atoms with van der Waals surface area (Å²) in [7, 11) is 0. The lowest BCUT2D eigenvalue weighted by Crippen LogP contribution is -2.44. The number of aryl methyl sites for hydroxylation is 1.